The molecule has 2 amide bonds. The number of hydrogen-bond acceptors (Lipinski definition) is 4. The molecule has 35 heavy (non-hydrogen) atoms. The second-order valence-electron chi connectivity index (χ2n) is 10.6. The van der Waals surface area contributed by atoms with Gasteiger partial charge in [-0.05, 0) is 85.8 Å². The van der Waals surface area contributed by atoms with E-state index in [1.54, 1.807) is 0 Å². The van der Waals surface area contributed by atoms with Crippen LogP contribution in [0.3, 0.4) is 0 Å². The molecule has 1 aromatic rings. The first-order chi connectivity index (χ1) is 16.7. The third kappa shape index (κ3) is 6.03. The first-order valence-electron chi connectivity index (χ1n) is 12.6. The Hall–Kier alpha value is -2.05. The topological polar surface area (TPSA) is 84.5 Å². The van der Waals surface area contributed by atoms with E-state index in [0.717, 1.165) is 17.8 Å². The Bertz CT molecular complexity index is 987. The molecule has 0 saturated heterocycles. The molecular weight excluding hydrogens is 487 g/mol. The van der Waals surface area contributed by atoms with Crippen molar-refractivity contribution in [3.05, 3.63) is 39.9 Å². The largest absolute Gasteiger partial charge is 0.482 e. The lowest BCUT2D eigenvalue weighted by Crippen LogP contribution is -2.48. The average molecular weight is 521 g/mol. The maximum atomic E-state index is 12.6. The van der Waals surface area contributed by atoms with E-state index in [-0.39, 0.29) is 51.0 Å². The number of carbonyl (C=O) groups excluding carboxylic acids is 3. The van der Waals surface area contributed by atoms with Gasteiger partial charge in [0.2, 0.25) is 5.91 Å². The van der Waals surface area contributed by atoms with Crippen molar-refractivity contribution in [3.8, 4) is 5.75 Å². The van der Waals surface area contributed by atoms with E-state index >= 15 is 0 Å². The smallest absolute Gasteiger partial charge is 0.258 e. The van der Waals surface area contributed by atoms with Gasteiger partial charge in [0.25, 0.3) is 5.91 Å². The highest BCUT2D eigenvalue weighted by Crippen LogP contribution is 2.61. The van der Waals surface area contributed by atoms with E-state index in [2.05, 4.69) is 17.2 Å². The Morgan fingerprint density at radius 3 is 2.11 bits per heavy atom. The van der Waals surface area contributed by atoms with E-state index in [1.165, 1.54) is 50.7 Å². The van der Waals surface area contributed by atoms with Crippen molar-refractivity contribution in [1.29, 1.82) is 0 Å². The summed E-state index contributed by atoms with van der Waals surface area (Å²) in [5.41, 5.74) is 0.895. The summed E-state index contributed by atoms with van der Waals surface area (Å²) in [4.78, 5) is 37.1. The summed E-state index contributed by atoms with van der Waals surface area (Å²) in [7, 11) is 0. The van der Waals surface area contributed by atoms with Crippen LogP contribution in [0.25, 0.3) is 0 Å². The van der Waals surface area contributed by atoms with Crippen molar-refractivity contribution in [1.82, 2.24) is 10.6 Å². The molecule has 4 aliphatic rings. The second kappa shape index (κ2) is 10.9. The summed E-state index contributed by atoms with van der Waals surface area (Å²) in [5.74, 6) is 2.16. The number of nitrogens with one attached hydrogen (secondary N) is 2. The van der Waals surface area contributed by atoms with Crippen LogP contribution in [0.1, 0.15) is 68.6 Å². The third-order valence-corrected chi connectivity index (χ3v) is 8.73. The third-order valence-electron chi connectivity index (χ3n) is 7.87. The van der Waals surface area contributed by atoms with Crippen LogP contribution in [-0.2, 0) is 9.59 Å². The molecule has 4 aliphatic carbocycles. The van der Waals surface area contributed by atoms with Gasteiger partial charge in [0.05, 0.1) is 5.02 Å². The molecule has 4 saturated carbocycles. The van der Waals surface area contributed by atoms with Gasteiger partial charge in [-0.15, -0.1) is 0 Å². The number of amides is 2. The highest BCUT2D eigenvalue weighted by molar-refractivity contribution is 6.45. The van der Waals surface area contributed by atoms with Crippen molar-refractivity contribution in [3.63, 3.8) is 0 Å². The van der Waals surface area contributed by atoms with Crippen molar-refractivity contribution in [2.24, 2.45) is 23.2 Å². The SMILES string of the molecule is C=C(CC)C(=O)c1ccc(OCC(=O)NCCNC(=O)CC23CC4CC(CC(C4)C2)C3)c(Cl)c1Cl. The minimum Gasteiger partial charge on any atom is -0.482 e. The summed E-state index contributed by atoms with van der Waals surface area (Å²) in [6, 6.07) is 3.03. The van der Waals surface area contributed by atoms with E-state index in [0.29, 0.717) is 31.5 Å². The van der Waals surface area contributed by atoms with E-state index in [1.807, 2.05) is 6.92 Å². The fourth-order valence-electron chi connectivity index (χ4n) is 6.68. The zero-order chi connectivity index (χ0) is 25.2. The van der Waals surface area contributed by atoms with Gasteiger partial charge < -0.3 is 15.4 Å². The number of Topliss-reactive ketones (excluding diaryl/α,β-unsaturated/α-hetero) is 1. The first-order valence-corrected chi connectivity index (χ1v) is 13.3. The average Bonchev–Trinajstić information content (AvgIpc) is 2.80. The molecule has 190 valence electrons. The van der Waals surface area contributed by atoms with Crippen LogP contribution in [0.5, 0.6) is 5.75 Å². The van der Waals surface area contributed by atoms with Gasteiger partial charge in [-0.1, -0.05) is 36.7 Å². The Morgan fingerprint density at radius 1 is 0.971 bits per heavy atom. The fourth-order valence-corrected chi connectivity index (χ4v) is 7.14. The first kappa shape index (κ1) is 26.0. The summed E-state index contributed by atoms with van der Waals surface area (Å²) >= 11 is 12.5. The predicted molar refractivity (Wildman–Crippen MR) is 137 cm³/mol. The van der Waals surface area contributed by atoms with Crippen LogP contribution in [0, 0.1) is 23.2 Å². The van der Waals surface area contributed by atoms with Gasteiger partial charge in [-0.25, -0.2) is 0 Å². The van der Waals surface area contributed by atoms with Crippen molar-refractivity contribution < 1.29 is 19.1 Å². The number of benzene rings is 1. The molecule has 0 spiro atoms. The van der Waals surface area contributed by atoms with Gasteiger partial charge in [-0.2, -0.15) is 0 Å². The molecule has 0 unspecified atom stereocenters. The van der Waals surface area contributed by atoms with Crippen LogP contribution >= 0.6 is 23.2 Å². The maximum absolute atomic E-state index is 12.6. The van der Waals surface area contributed by atoms with Crippen LogP contribution in [0.15, 0.2) is 24.3 Å². The van der Waals surface area contributed by atoms with E-state index < -0.39 is 0 Å². The van der Waals surface area contributed by atoms with Crippen LogP contribution in [0.4, 0.5) is 0 Å². The monoisotopic (exact) mass is 520 g/mol. The maximum Gasteiger partial charge on any atom is 0.258 e. The number of ether oxygens (including phenoxy) is 1. The Kier molecular flexibility index (Phi) is 8.12. The highest BCUT2D eigenvalue weighted by atomic mass is 35.5. The molecule has 0 aromatic heterocycles. The highest BCUT2D eigenvalue weighted by Gasteiger charge is 2.51. The number of allylic oxidation sites excluding steroid dienone is 1. The van der Waals surface area contributed by atoms with Crippen molar-refractivity contribution in [2.75, 3.05) is 19.7 Å². The molecule has 0 heterocycles. The quantitative estimate of drug-likeness (QED) is 0.233. The minimum atomic E-state index is -0.341. The van der Waals surface area contributed by atoms with E-state index in [4.69, 9.17) is 27.9 Å². The van der Waals surface area contributed by atoms with Gasteiger partial charge in [0.1, 0.15) is 10.8 Å². The predicted octanol–water partition coefficient (Wildman–Crippen LogP) is 5.36. The second-order valence-corrected chi connectivity index (χ2v) is 11.4. The van der Waals surface area contributed by atoms with Crippen LogP contribution < -0.4 is 15.4 Å². The van der Waals surface area contributed by atoms with Crippen molar-refractivity contribution in [2.45, 2.75) is 58.3 Å². The molecule has 8 heteroatoms. The molecular formula is C27H34Cl2N2O4. The molecule has 4 bridgehead atoms. The summed E-state index contributed by atoms with van der Waals surface area (Å²) < 4.78 is 5.49. The zero-order valence-corrected chi connectivity index (χ0v) is 21.8. The molecule has 1 aromatic carbocycles. The number of ketones is 1. The van der Waals surface area contributed by atoms with Crippen molar-refractivity contribution >= 4 is 40.8 Å². The number of carbonyl (C=O) groups is 3. The number of rotatable bonds is 11. The van der Waals surface area contributed by atoms with Gasteiger partial charge in [-0.3, -0.25) is 14.4 Å². The normalized spacial score (nSPS) is 26.3. The zero-order valence-electron chi connectivity index (χ0n) is 20.3. The van der Waals surface area contributed by atoms with Gasteiger partial charge >= 0.3 is 0 Å². The fraction of sp³-hybridized carbons (Fsp3) is 0.593. The Labute approximate surface area is 217 Å². The standard InChI is InChI=1S/C27H34Cl2N2O4/c1-3-16(2)26(34)20-4-5-21(25(29)24(20)28)35-15-23(33)31-7-6-30-22(32)14-27-11-17-8-18(12-27)10-19(9-17)13-27/h4-5,17-19H,2-3,6-15H2,1H3,(H,30,32)(H,31,33). The lowest BCUT2D eigenvalue weighted by Gasteiger charge is -2.56. The molecule has 6 nitrogen and oxygen atoms in total. The Balaban J connectivity index is 1.17. The lowest BCUT2D eigenvalue weighted by molar-refractivity contribution is -0.129. The molecule has 2 N–H and O–H groups in total. The minimum absolute atomic E-state index is 0.0749. The summed E-state index contributed by atoms with van der Waals surface area (Å²) in [6.45, 7) is 6.00. The molecule has 4 fully saturated rings. The van der Waals surface area contributed by atoms with Gasteiger partial charge in [0.15, 0.2) is 12.4 Å². The molecule has 5 rings (SSSR count). The molecule has 0 radical (unpaired) electrons. The van der Waals surface area contributed by atoms with Crippen LogP contribution in [0.2, 0.25) is 10.0 Å². The molecule has 0 aliphatic heterocycles. The van der Waals surface area contributed by atoms with E-state index in [9.17, 15) is 14.4 Å². The van der Waals surface area contributed by atoms with Crippen LogP contribution in [-0.4, -0.2) is 37.3 Å². The summed E-state index contributed by atoms with van der Waals surface area (Å²) in [6.07, 6.45) is 8.82. The number of halogens is 2. The molecule has 0 atom stereocenters. The number of hydrogen-bond donors (Lipinski definition) is 2. The summed E-state index contributed by atoms with van der Waals surface area (Å²) in [5, 5.41) is 5.85. The van der Waals surface area contributed by atoms with Gasteiger partial charge in [0, 0.05) is 25.1 Å². The Morgan fingerprint density at radius 2 is 1.54 bits per heavy atom. The lowest BCUT2D eigenvalue weighted by atomic mass is 9.49.